The largest absolute Gasteiger partial charge is 0.490 e. The van der Waals surface area contributed by atoms with Gasteiger partial charge in [0.2, 0.25) is 0 Å². The molecule has 2 aromatic rings. The Hall–Kier alpha value is -2.32. The van der Waals surface area contributed by atoms with Crippen molar-refractivity contribution in [3.8, 4) is 11.5 Å². The molecular weight excluding hydrogens is 350 g/mol. The number of hydrogen-bond acceptors (Lipinski definition) is 6. The van der Waals surface area contributed by atoms with Gasteiger partial charge in [0.1, 0.15) is 0 Å². The average molecular weight is 377 g/mol. The molecule has 0 bridgehead atoms. The van der Waals surface area contributed by atoms with Gasteiger partial charge in [-0.1, -0.05) is 0 Å². The van der Waals surface area contributed by atoms with E-state index in [0.29, 0.717) is 42.2 Å². The van der Waals surface area contributed by atoms with E-state index in [2.05, 4.69) is 9.88 Å². The fourth-order valence-electron chi connectivity index (χ4n) is 3.28. The highest BCUT2D eigenvalue weighted by molar-refractivity contribution is 5.81. The topological polar surface area (TPSA) is 85.8 Å². The molecule has 148 valence electrons. The number of ether oxygens (including phenoxy) is 3. The Bertz CT molecular complexity index is 883. The van der Waals surface area contributed by atoms with Gasteiger partial charge in [-0.15, -0.1) is 0 Å². The minimum Gasteiger partial charge on any atom is -0.490 e. The van der Waals surface area contributed by atoms with Crippen molar-refractivity contribution in [1.82, 2.24) is 14.5 Å². The van der Waals surface area contributed by atoms with E-state index in [1.807, 2.05) is 13.8 Å². The highest BCUT2D eigenvalue weighted by Crippen LogP contribution is 2.30. The lowest BCUT2D eigenvalue weighted by Gasteiger charge is -2.26. The molecule has 1 saturated heterocycles. The van der Waals surface area contributed by atoms with Crippen LogP contribution < -0.4 is 20.7 Å². The molecule has 8 heteroatoms. The number of aromatic amines is 1. The van der Waals surface area contributed by atoms with Crippen LogP contribution in [0, 0.1) is 0 Å². The summed E-state index contributed by atoms with van der Waals surface area (Å²) in [7, 11) is 0. The summed E-state index contributed by atoms with van der Waals surface area (Å²) in [6, 6.07) is 3.31. The van der Waals surface area contributed by atoms with Gasteiger partial charge in [-0.05, 0) is 26.3 Å². The van der Waals surface area contributed by atoms with Gasteiger partial charge >= 0.3 is 5.69 Å². The quantitative estimate of drug-likeness (QED) is 0.744. The Labute approximate surface area is 157 Å². The van der Waals surface area contributed by atoms with Crippen LogP contribution in [0.1, 0.15) is 20.3 Å². The third kappa shape index (κ3) is 4.51. The van der Waals surface area contributed by atoms with Gasteiger partial charge in [-0.2, -0.15) is 0 Å². The Morgan fingerprint density at radius 2 is 1.70 bits per heavy atom. The van der Waals surface area contributed by atoms with Crippen LogP contribution >= 0.6 is 0 Å². The molecule has 1 fully saturated rings. The number of nitrogens with zero attached hydrogens (tertiary/aromatic N) is 2. The molecule has 1 aromatic carbocycles. The van der Waals surface area contributed by atoms with Crippen molar-refractivity contribution in [2.24, 2.45) is 0 Å². The van der Waals surface area contributed by atoms with Gasteiger partial charge in [0.05, 0.1) is 37.3 Å². The number of H-pyrrole nitrogens is 1. The third-order valence-corrected chi connectivity index (χ3v) is 4.61. The van der Waals surface area contributed by atoms with Crippen molar-refractivity contribution in [3.63, 3.8) is 0 Å². The number of hydrogen-bond donors (Lipinski definition) is 1. The monoisotopic (exact) mass is 377 g/mol. The van der Waals surface area contributed by atoms with E-state index >= 15 is 0 Å². The van der Waals surface area contributed by atoms with Crippen LogP contribution in [0.2, 0.25) is 0 Å². The van der Waals surface area contributed by atoms with Crippen LogP contribution in [-0.2, 0) is 11.3 Å². The molecule has 0 saturated carbocycles. The summed E-state index contributed by atoms with van der Waals surface area (Å²) in [5.74, 6) is 1.03. The summed E-state index contributed by atoms with van der Waals surface area (Å²) in [6.45, 7) is 9.13. The lowest BCUT2D eigenvalue weighted by atomic mass is 10.2. The Balaban J connectivity index is 1.86. The van der Waals surface area contributed by atoms with E-state index in [1.165, 1.54) is 4.57 Å². The van der Waals surface area contributed by atoms with E-state index in [0.717, 1.165) is 39.3 Å². The van der Waals surface area contributed by atoms with Crippen LogP contribution in [-0.4, -0.2) is 60.5 Å². The summed E-state index contributed by atoms with van der Waals surface area (Å²) in [5, 5.41) is 0.424. The fourth-order valence-corrected chi connectivity index (χ4v) is 3.28. The van der Waals surface area contributed by atoms with Crippen molar-refractivity contribution >= 4 is 10.9 Å². The van der Waals surface area contributed by atoms with E-state index in [-0.39, 0.29) is 5.56 Å². The zero-order valence-electron chi connectivity index (χ0n) is 16.0. The third-order valence-electron chi connectivity index (χ3n) is 4.61. The highest BCUT2D eigenvalue weighted by atomic mass is 16.5. The predicted molar refractivity (Wildman–Crippen MR) is 103 cm³/mol. The second kappa shape index (κ2) is 9.05. The Kier molecular flexibility index (Phi) is 6.52. The lowest BCUT2D eigenvalue weighted by Crippen LogP contribution is -2.39. The molecule has 0 radical (unpaired) electrons. The van der Waals surface area contributed by atoms with Crippen molar-refractivity contribution in [2.75, 3.05) is 46.1 Å². The van der Waals surface area contributed by atoms with Gasteiger partial charge in [-0.25, -0.2) is 4.79 Å². The molecule has 2 heterocycles. The fraction of sp³-hybridized carbons (Fsp3) is 0.579. The first kappa shape index (κ1) is 19.4. The molecule has 0 aliphatic carbocycles. The zero-order chi connectivity index (χ0) is 19.2. The molecule has 8 nitrogen and oxygen atoms in total. The number of aromatic nitrogens is 2. The number of benzene rings is 1. The first-order valence-corrected chi connectivity index (χ1v) is 9.50. The molecule has 0 unspecified atom stereocenters. The standard InChI is InChI=1S/C19H27N3O5/c1-3-26-16-12-14-15(13-17(16)27-4-2)20-19(24)22(18(14)23)7-5-6-21-8-10-25-11-9-21/h12-13H,3-11H2,1-2H3,(H,20,24). The van der Waals surface area contributed by atoms with Crippen LogP contribution in [0.5, 0.6) is 11.5 Å². The van der Waals surface area contributed by atoms with Crippen LogP contribution in [0.25, 0.3) is 10.9 Å². The first-order chi connectivity index (χ1) is 13.1. The molecule has 0 atom stereocenters. The maximum absolute atomic E-state index is 12.9. The maximum Gasteiger partial charge on any atom is 0.328 e. The van der Waals surface area contributed by atoms with Crippen molar-refractivity contribution in [2.45, 2.75) is 26.8 Å². The van der Waals surface area contributed by atoms with Crippen molar-refractivity contribution in [3.05, 3.63) is 33.0 Å². The Morgan fingerprint density at radius 1 is 1.04 bits per heavy atom. The number of morpholine rings is 1. The van der Waals surface area contributed by atoms with Crippen LogP contribution in [0.3, 0.4) is 0 Å². The molecule has 0 spiro atoms. The number of rotatable bonds is 8. The molecular formula is C19H27N3O5. The first-order valence-electron chi connectivity index (χ1n) is 9.50. The van der Waals surface area contributed by atoms with E-state index in [1.54, 1.807) is 12.1 Å². The maximum atomic E-state index is 12.9. The van der Waals surface area contributed by atoms with E-state index in [4.69, 9.17) is 14.2 Å². The average Bonchev–Trinajstić information content (AvgIpc) is 2.67. The summed E-state index contributed by atoms with van der Waals surface area (Å²) < 4.78 is 17.8. The second-order valence-electron chi connectivity index (χ2n) is 6.41. The van der Waals surface area contributed by atoms with Gasteiger partial charge < -0.3 is 19.2 Å². The van der Waals surface area contributed by atoms with E-state index in [9.17, 15) is 9.59 Å². The zero-order valence-corrected chi connectivity index (χ0v) is 16.0. The molecule has 3 rings (SSSR count). The van der Waals surface area contributed by atoms with Crippen molar-refractivity contribution in [1.29, 1.82) is 0 Å². The number of fused-ring (bicyclic) bond motifs is 1. The van der Waals surface area contributed by atoms with Gasteiger partial charge in [0, 0.05) is 32.2 Å². The predicted octanol–water partition coefficient (Wildman–Crippen LogP) is 1.21. The summed E-state index contributed by atoms with van der Waals surface area (Å²) in [6.07, 6.45) is 0.726. The molecule has 1 N–H and O–H groups in total. The molecule has 27 heavy (non-hydrogen) atoms. The van der Waals surface area contributed by atoms with Gasteiger partial charge in [-0.3, -0.25) is 14.3 Å². The smallest absolute Gasteiger partial charge is 0.328 e. The van der Waals surface area contributed by atoms with E-state index < -0.39 is 5.69 Å². The summed E-state index contributed by atoms with van der Waals surface area (Å²) in [5.41, 5.74) is -0.248. The van der Waals surface area contributed by atoms with Gasteiger partial charge in [0.15, 0.2) is 11.5 Å². The summed E-state index contributed by atoms with van der Waals surface area (Å²) in [4.78, 5) is 30.4. The molecule has 1 aromatic heterocycles. The lowest BCUT2D eigenvalue weighted by molar-refractivity contribution is 0.0368. The minimum atomic E-state index is -0.402. The number of nitrogens with one attached hydrogen (secondary N) is 1. The van der Waals surface area contributed by atoms with Crippen LogP contribution in [0.15, 0.2) is 21.7 Å². The molecule has 1 aliphatic heterocycles. The highest BCUT2D eigenvalue weighted by Gasteiger charge is 2.14. The second-order valence-corrected chi connectivity index (χ2v) is 6.41. The van der Waals surface area contributed by atoms with Crippen LogP contribution in [0.4, 0.5) is 0 Å². The SMILES string of the molecule is CCOc1cc2[nH]c(=O)n(CCCN3CCOCC3)c(=O)c2cc1OCC. The summed E-state index contributed by atoms with van der Waals surface area (Å²) >= 11 is 0. The van der Waals surface area contributed by atoms with Gasteiger partial charge in [0.25, 0.3) is 5.56 Å². The van der Waals surface area contributed by atoms with Crippen molar-refractivity contribution < 1.29 is 14.2 Å². The minimum absolute atomic E-state index is 0.306. The Morgan fingerprint density at radius 3 is 2.37 bits per heavy atom. The normalized spacial score (nSPS) is 15.2. The molecule has 0 amide bonds. The molecule has 1 aliphatic rings.